The average Bonchev–Trinajstić information content (AvgIpc) is 1.46. The molecule has 1 aliphatic heterocycles. The van der Waals surface area contributed by atoms with Crippen molar-refractivity contribution in [3.8, 4) is 12.1 Å². The lowest BCUT2D eigenvalue weighted by Gasteiger charge is -2.24. The van der Waals surface area contributed by atoms with Crippen LogP contribution in [0.15, 0.2) is 166 Å². The maximum atomic E-state index is 14.3. The summed E-state index contributed by atoms with van der Waals surface area (Å²) in [5.41, 5.74) is 3.03. The molecule has 1 fully saturated rings. The first-order chi connectivity index (χ1) is 60.8. The van der Waals surface area contributed by atoms with Gasteiger partial charge in [-0.1, -0.05) is 129 Å². The first-order valence-electron chi connectivity index (χ1n) is 41.1. The van der Waals surface area contributed by atoms with Gasteiger partial charge in [0, 0.05) is 81.6 Å². The minimum absolute atomic E-state index is 0.00815. The normalized spacial score (nSPS) is 13.4. The number of hydrogen-bond donors (Lipinski definition) is 5. The van der Waals surface area contributed by atoms with Crippen molar-refractivity contribution in [1.82, 2.24) is 30.1 Å². The summed E-state index contributed by atoms with van der Waals surface area (Å²) in [6.45, 7) is 41.1. The van der Waals surface area contributed by atoms with E-state index in [1.165, 1.54) is 164 Å². The molecular formula is C91H111ClF3N13O18S7. The number of nitrogens with zero attached hydrogens (tertiary/aromatic N) is 8. The summed E-state index contributed by atoms with van der Waals surface area (Å²) < 4.78 is 179. The molecule has 5 amide bonds. The number of carbonyl (C=O) groups excluding carboxylic acids is 5. The number of benzene rings is 5. The smallest absolute Gasteiger partial charge is 0.248 e. The lowest BCUT2D eigenvalue weighted by atomic mass is 9.92. The number of amides is 5. The van der Waals surface area contributed by atoms with Crippen molar-refractivity contribution < 1.29 is 93.0 Å². The molecule has 6 heterocycles. The molecule has 1 aliphatic rings. The fraction of sp³-hybridized carbons (Fsp3) is 0.429. The Hall–Kier alpha value is -10.9. The quantitative estimate of drug-likeness (QED) is 0.0446. The third-order valence-corrected chi connectivity index (χ3v) is 35.7. The summed E-state index contributed by atoms with van der Waals surface area (Å²) in [7, 11) is -19.0. The van der Waals surface area contributed by atoms with Crippen LogP contribution in [0.1, 0.15) is 221 Å². The highest BCUT2D eigenvalue weighted by atomic mass is 35.5. The van der Waals surface area contributed by atoms with Crippen LogP contribution in [0.4, 0.5) is 41.0 Å². The van der Waals surface area contributed by atoms with Crippen LogP contribution < -0.4 is 26.6 Å². The molecule has 0 spiro atoms. The monoisotopic (exact) mass is 1990 g/mol. The summed E-state index contributed by atoms with van der Waals surface area (Å²) in [4.78, 5) is 71.6. The third kappa shape index (κ3) is 25.2. The topological polar surface area (TPSA) is 469 Å². The number of carbonyl (C=O) groups is 5. The van der Waals surface area contributed by atoms with E-state index >= 15 is 0 Å². The number of nitrogens with one attached hydrogen (secondary N) is 5. The molecule has 31 nitrogen and oxygen atoms in total. The van der Waals surface area contributed by atoms with Gasteiger partial charge in [-0.3, -0.25) is 39.3 Å². The molecule has 0 atom stereocenters. The number of ether oxygens (including phenoxy) is 1. The number of anilines is 5. The fourth-order valence-electron chi connectivity index (χ4n) is 11.5. The van der Waals surface area contributed by atoms with Gasteiger partial charge in [0.25, 0.3) is 0 Å². The van der Waals surface area contributed by atoms with Gasteiger partial charge in [0.1, 0.15) is 56.8 Å². The van der Waals surface area contributed by atoms with Gasteiger partial charge in [-0.2, -0.15) is 15.6 Å². The number of rotatable bonds is 21. The van der Waals surface area contributed by atoms with Crippen molar-refractivity contribution >= 4 is 141 Å². The zero-order valence-electron chi connectivity index (χ0n) is 78.4. The van der Waals surface area contributed by atoms with E-state index in [1.54, 1.807) is 61.1 Å². The summed E-state index contributed by atoms with van der Waals surface area (Å²) in [6, 6.07) is 30.1. The predicted octanol–water partition coefficient (Wildman–Crippen LogP) is 17.5. The Balaban J connectivity index is 0.000000227. The van der Waals surface area contributed by atoms with Gasteiger partial charge in [-0.15, -0.1) is 22.7 Å². The van der Waals surface area contributed by atoms with E-state index in [0.717, 1.165) is 78.2 Å². The molecule has 5 N–H and O–H groups in total. The van der Waals surface area contributed by atoms with Crippen molar-refractivity contribution in [2.75, 3.05) is 39.8 Å². The van der Waals surface area contributed by atoms with Crippen molar-refractivity contribution in [3.05, 3.63) is 205 Å². The van der Waals surface area contributed by atoms with Crippen molar-refractivity contribution in [2.24, 2.45) is 7.05 Å². The van der Waals surface area contributed by atoms with Crippen LogP contribution >= 0.6 is 34.3 Å². The van der Waals surface area contributed by atoms with Crippen LogP contribution in [-0.4, -0.2) is 139 Å². The second kappa shape index (κ2) is 41.1. The number of sulfone groups is 5. The Morgan fingerprint density at radius 2 is 0.827 bits per heavy atom. The highest BCUT2D eigenvalue weighted by Crippen LogP contribution is 2.39. The molecule has 0 bridgehead atoms. The van der Waals surface area contributed by atoms with E-state index in [2.05, 4.69) is 52.0 Å². The molecule has 10 aromatic rings. The molecule has 0 saturated carbocycles. The molecule has 42 heteroatoms. The van der Waals surface area contributed by atoms with E-state index in [0.29, 0.717) is 38.8 Å². The summed E-state index contributed by atoms with van der Waals surface area (Å²) in [6.07, 6.45) is 3.59. The molecule has 11 rings (SSSR count). The summed E-state index contributed by atoms with van der Waals surface area (Å²) in [5.74, 6) is -5.64. The average molecular weight is 1990 g/mol. The molecule has 5 aromatic carbocycles. The van der Waals surface area contributed by atoms with E-state index < -0.39 is 130 Å². The van der Waals surface area contributed by atoms with Gasteiger partial charge in [0.05, 0.1) is 60.7 Å². The summed E-state index contributed by atoms with van der Waals surface area (Å²) >= 11 is 8.39. The largest absolute Gasteiger partial charge is 0.381 e. The number of halogens is 4. The fourth-order valence-corrected chi connectivity index (χ4v) is 20.5. The van der Waals surface area contributed by atoms with Crippen LogP contribution in [0.25, 0.3) is 0 Å². The van der Waals surface area contributed by atoms with E-state index in [4.69, 9.17) is 35.9 Å². The first kappa shape index (κ1) is 109. The van der Waals surface area contributed by atoms with Gasteiger partial charge in [-0.25, -0.2) is 65.2 Å². The molecule has 0 aliphatic carbocycles. The van der Waals surface area contributed by atoms with E-state index in [-0.39, 0.29) is 64.4 Å². The molecule has 0 radical (unpaired) electrons. The number of aromatic nitrogens is 6. The number of thiazole rings is 2. The van der Waals surface area contributed by atoms with Crippen molar-refractivity contribution in [2.45, 2.75) is 255 Å². The molecule has 5 aromatic heterocycles. The number of aryl methyl sites for hydroxylation is 3. The molecular weight excluding hydrogens is 1880 g/mol. The summed E-state index contributed by atoms with van der Waals surface area (Å²) in [5, 5.41) is 45.3. The van der Waals surface area contributed by atoms with Crippen LogP contribution in [0, 0.1) is 54.0 Å². The second-order valence-electron chi connectivity index (χ2n) is 37.7. The zero-order valence-corrected chi connectivity index (χ0v) is 84.9. The maximum Gasteiger partial charge on any atom is 0.248 e. The standard InChI is InChI=1S/C19H23FN4O3S.C18H21ClN2O4S2.C18H20FN3O3S2.C18H23FN2O4S.C18H24N2O4S/c1-18(2,3)15-10-16(24(6)23-15)22-17(25)19(4,5)28(26,27)14-8-7-12(11-21)9-13(14)20;1-18(2,27(23,24)14-5-3-13(19)4-6-14)16(22)21-17-20-11-15(26-17)12-7-9-25-10-8-12;1-17(2,3)14-10-26-16(21-14)22-15(23)18(4,5)27(24,25)13-7-6-11(9-20)8-12(13)19;1-11-7-8-12(9-13(11)19)26(23,24)18(5,6)16(22)20-15-10-14(21-25-15)17(2,3)4;1-12-7-9-13(10-8-12)25(22,23)18(5,6)16(21)19-15-11-14(20-24-15)17(2,3)4/h7-10H,1-6H3,(H,22,25);3-6,11-12H,7-10H2,1-2H3,(H,20,21,22);6-8,10H,1-5H3,(H,21,22,23);7-10H,1-6H3,(H,20,22);7-11H,1-6H3,(H,19,21). The Morgan fingerprint density at radius 3 is 1.20 bits per heavy atom. The number of nitriles is 2. The van der Waals surface area contributed by atoms with E-state index in [9.17, 15) is 79.2 Å². The van der Waals surface area contributed by atoms with Gasteiger partial charge < -0.3 is 29.7 Å². The maximum absolute atomic E-state index is 14.3. The van der Waals surface area contributed by atoms with E-state index in [1.807, 2.05) is 90.0 Å². The predicted molar refractivity (Wildman–Crippen MR) is 504 cm³/mol. The Morgan fingerprint density at radius 1 is 0.451 bits per heavy atom. The molecule has 0 unspecified atom stereocenters. The lowest BCUT2D eigenvalue weighted by molar-refractivity contribution is -0.118. The van der Waals surface area contributed by atoms with Crippen LogP contribution in [0.2, 0.25) is 5.02 Å². The second-order valence-corrected chi connectivity index (χ2v) is 52.5. The minimum atomic E-state index is -4.37. The third-order valence-electron chi connectivity index (χ3n) is 21.5. The highest BCUT2D eigenvalue weighted by molar-refractivity contribution is 7.95. The van der Waals surface area contributed by atoms with Crippen molar-refractivity contribution in [1.29, 1.82) is 10.5 Å². The zero-order chi connectivity index (χ0) is 101. The highest BCUT2D eigenvalue weighted by Gasteiger charge is 2.49. The van der Waals surface area contributed by atoms with Gasteiger partial charge in [0.15, 0.2) is 59.4 Å². The Labute approximate surface area is 787 Å². The van der Waals surface area contributed by atoms with Crippen LogP contribution in [-0.2, 0) is 107 Å². The molecule has 133 heavy (non-hydrogen) atoms. The van der Waals surface area contributed by atoms with Crippen LogP contribution in [0.3, 0.4) is 0 Å². The Kier molecular flexibility index (Phi) is 33.7. The SMILES string of the molecule is CC(C)(C(=O)Nc1ncc(C2CCOCC2)s1)S(=O)(=O)c1ccc(Cl)cc1.CC(C)(C)c1csc(NC(=O)C(C)(C)S(=O)(=O)c2ccc(C#N)cc2F)n1.Cc1ccc(S(=O)(=O)C(C)(C)C(=O)Nc2cc(C(C)(C)C)no2)cc1.Cc1ccc(S(=O)(=O)C(C)(C)C(=O)Nc2cc(C(C)(C)C)no2)cc1F.Cn1nc(C(C)(C)C)cc1NC(=O)C(C)(C)S(=O)(=O)c1ccc(C#N)cc1F. The molecule has 718 valence electrons. The van der Waals surface area contributed by atoms with Crippen LogP contribution in [0.5, 0.6) is 0 Å². The van der Waals surface area contributed by atoms with Gasteiger partial charge in [-0.05, 0) is 192 Å². The minimum Gasteiger partial charge on any atom is -0.381 e. The van der Waals surface area contributed by atoms with Gasteiger partial charge >= 0.3 is 0 Å². The van der Waals surface area contributed by atoms with Gasteiger partial charge in [0.2, 0.25) is 41.3 Å². The lowest BCUT2D eigenvalue weighted by Crippen LogP contribution is -2.45. The number of hydrogen-bond acceptors (Lipinski definition) is 27. The van der Waals surface area contributed by atoms with Crippen molar-refractivity contribution in [3.63, 3.8) is 0 Å². The Bertz CT molecular complexity index is 6700. The molecule has 1 saturated heterocycles. The first-order valence-corrected chi connectivity index (χ1v) is 50.6.